The molecule has 0 amide bonds. The molecule has 30 heavy (non-hydrogen) atoms. The van der Waals surface area contributed by atoms with Gasteiger partial charge >= 0.3 is 5.97 Å². The third kappa shape index (κ3) is 8.47. The molecule has 0 saturated heterocycles. The molecule has 0 fully saturated rings. The fraction of sp³-hybridized carbons (Fsp3) is 0.440. The summed E-state index contributed by atoms with van der Waals surface area (Å²) in [6, 6.07) is 17.3. The zero-order chi connectivity index (χ0) is 22.6. The molecule has 0 bridgehead atoms. The van der Waals surface area contributed by atoms with Gasteiger partial charge in [0, 0.05) is 12.0 Å². The van der Waals surface area contributed by atoms with E-state index in [1.807, 2.05) is 33.8 Å². The Morgan fingerprint density at radius 3 is 1.83 bits per heavy atom. The number of aliphatic hydroxyl groups is 1. The first kappa shape index (κ1) is 25.5. The largest absolute Gasteiger partial charge is 0.466 e. The number of hydrogen-bond acceptors (Lipinski definition) is 5. The summed E-state index contributed by atoms with van der Waals surface area (Å²) < 4.78 is 10.1. The van der Waals surface area contributed by atoms with E-state index in [4.69, 9.17) is 9.47 Å². The molecule has 0 aromatic heterocycles. The Hall–Kier alpha value is -2.50. The van der Waals surface area contributed by atoms with Crippen LogP contribution in [-0.2, 0) is 19.9 Å². The first-order valence-electron chi connectivity index (χ1n) is 10.4. The van der Waals surface area contributed by atoms with Crippen molar-refractivity contribution in [2.75, 3.05) is 6.61 Å². The van der Waals surface area contributed by atoms with Crippen molar-refractivity contribution in [2.45, 2.75) is 65.3 Å². The molecule has 164 valence electrons. The minimum absolute atomic E-state index is 0.0242. The normalized spacial score (nSPS) is 12.7. The zero-order valence-electron chi connectivity index (χ0n) is 18.6. The minimum Gasteiger partial charge on any atom is -0.466 e. The van der Waals surface area contributed by atoms with Crippen molar-refractivity contribution in [3.05, 3.63) is 71.8 Å². The third-order valence-corrected chi connectivity index (χ3v) is 4.20. The molecule has 0 heterocycles. The maximum Gasteiger partial charge on any atom is 0.305 e. The maximum atomic E-state index is 12.8. The molecule has 0 radical (unpaired) electrons. The van der Waals surface area contributed by atoms with Crippen LogP contribution in [0.5, 0.6) is 0 Å². The van der Waals surface area contributed by atoms with Crippen LogP contribution in [-0.4, -0.2) is 35.7 Å². The van der Waals surface area contributed by atoms with Crippen LogP contribution in [0.4, 0.5) is 0 Å². The number of esters is 1. The lowest BCUT2D eigenvalue weighted by molar-refractivity contribution is -0.144. The van der Waals surface area contributed by atoms with Gasteiger partial charge in [0.1, 0.15) is 0 Å². The Kier molecular flexibility index (Phi) is 11.0. The second-order valence-corrected chi connectivity index (χ2v) is 7.46. The molecule has 2 rings (SSSR count). The van der Waals surface area contributed by atoms with E-state index in [9.17, 15) is 14.7 Å². The first-order valence-corrected chi connectivity index (χ1v) is 10.4. The summed E-state index contributed by atoms with van der Waals surface area (Å²) in [4.78, 5) is 24.5. The Morgan fingerprint density at radius 1 is 0.900 bits per heavy atom. The Labute approximate surface area is 180 Å². The van der Waals surface area contributed by atoms with Gasteiger partial charge in [-0.3, -0.25) is 9.59 Å². The summed E-state index contributed by atoms with van der Waals surface area (Å²) in [6.45, 7) is 10.2. The van der Waals surface area contributed by atoms with Gasteiger partial charge in [-0.25, -0.2) is 0 Å². The zero-order valence-corrected chi connectivity index (χ0v) is 18.6. The van der Waals surface area contributed by atoms with Gasteiger partial charge in [0.15, 0.2) is 11.4 Å². The minimum atomic E-state index is -1.75. The van der Waals surface area contributed by atoms with E-state index < -0.39 is 17.4 Å². The lowest BCUT2D eigenvalue weighted by Gasteiger charge is -2.27. The van der Waals surface area contributed by atoms with Crippen LogP contribution in [0.1, 0.15) is 63.4 Å². The molecule has 0 aliphatic carbocycles. The highest BCUT2D eigenvalue weighted by molar-refractivity contribution is 6.03. The fourth-order valence-electron chi connectivity index (χ4n) is 2.99. The van der Waals surface area contributed by atoms with E-state index >= 15 is 0 Å². The predicted molar refractivity (Wildman–Crippen MR) is 118 cm³/mol. The van der Waals surface area contributed by atoms with Gasteiger partial charge in [-0.1, -0.05) is 60.7 Å². The molecule has 5 heteroatoms. The Bertz CT molecular complexity index is 750. The van der Waals surface area contributed by atoms with Crippen molar-refractivity contribution in [3.63, 3.8) is 0 Å². The topological polar surface area (TPSA) is 72.8 Å². The van der Waals surface area contributed by atoms with Crippen molar-refractivity contribution in [1.82, 2.24) is 0 Å². The average Bonchev–Trinajstić information content (AvgIpc) is 2.72. The van der Waals surface area contributed by atoms with Crippen LogP contribution in [0.3, 0.4) is 0 Å². The number of Topliss-reactive ketones (excluding diaryl/α,β-unsaturated/α-hetero) is 1. The number of rotatable bonds is 9. The van der Waals surface area contributed by atoms with Crippen LogP contribution in [0.2, 0.25) is 0 Å². The molecule has 2 aromatic carbocycles. The Balaban J connectivity index is 0.000000553. The van der Waals surface area contributed by atoms with Crippen molar-refractivity contribution >= 4 is 11.8 Å². The number of benzene rings is 2. The fourth-order valence-corrected chi connectivity index (χ4v) is 2.99. The standard InChI is InChI=1S/C19H20O4.C6H14O/c1-2-23-17(20)13-14-19(22,16-11-7-4-8-12-16)18(21)15-9-5-3-6-10-15;1-5(2)7-6(3)4/h3-12,22H,2,13-14H2,1H3;5-6H,1-4H3. The van der Waals surface area contributed by atoms with Crippen LogP contribution < -0.4 is 0 Å². The first-order chi connectivity index (χ1) is 14.2. The number of ether oxygens (including phenoxy) is 2. The Morgan fingerprint density at radius 2 is 1.40 bits per heavy atom. The predicted octanol–water partition coefficient (Wildman–Crippen LogP) is 4.92. The van der Waals surface area contributed by atoms with Gasteiger partial charge in [-0.15, -0.1) is 0 Å². The molecular weight excluding hydrogens is 380 g/mol. The van der Waals surface area contributed by atoms with Gasteiger partial charge in [-0.2, -0.15) is 0 Å². The average molecular weight is 415 g/mol. The van der Waals surface area contributed by atoms with E-state index in [0.29, 0.717) is 23.3 Å². The van der Waals surface area contributed by atoms with Crippen LogP contribution >= 0.6 is 0 Å². The monoisotopic (exact) mass is 414 g/mol. The quantitative estimate of drug-likeness (QED) is 0.466. The highest BCUT2D eigenvalue weighted by Crippen LogP contribution is 2.31. The molecule has 1 atom stereocenters. The third-order valence-electron chi connectivity index (χ3n) is 4.20. The molecule has 2 aromatic rings. The molecule has 0 aliphatic rings. The molecule has 0 spiro atoms. The van der Waals surface area contributed by atoms with E-state index in [0.717, 1.165) is 0 Å². The van der Waals surface area contributed by atoms with Gasteiger partial charge < -0.3 is 14.6 Å². The number of carbonyl (C=O) groups excluding carboxylic acids is 2. The molecule has 0 saturated carbocycles. The molecular formula is C25H34O5. The van der Waals surface area contributed by atoms with Crippen molar-refractivity contribution < 1.29 is 24.2 Å². The summed E-state index contributed by atoms with van der Waals surface area (Å²) >= 11 is 0. The summed E-state index contributed by atoms with van der Waals surface area (Å²) in [7, 11) is 0. The highest BCUT2D eigenvalue weighted by atomic mass is 16.5. The summed E-state index contributed by atoms with van der Waals surface area (Å²) in [6.07, 6.45) is 0.696. The van der Waals surface area contributed by atoms with Gasteiger partial charge in [-0.05, 0) is 46.6 Å². The number of carbonyl (C=O) groups is 2. The smallest absolute Gasteiger partial charge is 0.305 e. The molecule has 5 nitrogen and oxygen atoms in total. The van der Waals surface area contributed by atoms with E-state index in [1.165, 1.54) is 0 Å². The van der Waals surface area contributed by atoms with Crippen molar-refractivity contribution in [3.8, 4) is 0 Å². The van der Waals surface area contributed by atoms with E-state index in [1.54, 1.807) is 61.5 Å². The molecule has 1 unspecified atom stereocenters. The van der Waals surface area contributed by atoms with E-state index in [-0.39, 0.29) is 19.4 Å². The van der Waals surface area contributed by atoms with Crippen LogP contribution in [0.15, 0.2) is 60.7 Å². The second kappa shape index (κ2) is 12.9. The summed E-state index contributed by atoms with van der Waals surface area (Å²) in [5, 5.41) is 11.1. The molecule has 1 N–H and O–H groups in total. The van der Waals surface area contributed by atoms with Gasteiger partial charge in [0.05, 0.1) is 18.8 Å². The van der Waals surface area contributed by atoms with Crippen molar-refractivity contribution in [1.29, 1.82) is 0 Å². The van der Waals surface area contributed by atoms with E-state index in [2.05, 4.69) is 0 Å². The second-order valence-electron chi connectivity index (χ2n) is 7.46. The highest BCUT2D eigenvalue weighted by Gasteiger charge is 2.38. The lowest BCUT2D eigenvalue weighted by atomic mass is 9.82. The van der Waals surface area contributed by atoms with Crippen LogP contribution in [0, 0.1) is 0 Å². The van der Waals surface area contributed by atoms with Crippen molar-refractivity contribution in [2.24, 2.45) is 0 Å². The summed E-state index contributed by atoms with van der Waals surface area (Å²) in [5.74, 6) is -0.851. The van der Waals surface area contributed by atoms with Gasteiger partial charge in [0.2, 0.25) is 0 Å². The van der Waals surface area contributed by atoms with Crippen LogP contribution in [0.25, 0.3) is 0 Å². The summed E-state index contributed by atoms with van der Waals surface area (Å²) in [5.41, 5.74) is -0.879. The number of hydrogen-bond donors (Lipinski definition) is 1. The SMILES string of the molecule is CC(C)OC(C)C.CCOC(=O)CCC(O)(C(=O)c1ccccc1)c1ccccc1. The van der Waals surface area contributed by atoms with Gasteiger partial charge in [0.25, 0.3) is 0 Å². The lowest BCUT2D eigenvalue weighted by Crippen LogP contribution is -2.36. The molecule has 0 aliphatic heterocycles. The number of ketones is 1. The maximum absolute atomic E-state index is 12.8.